The Bertz CT molecular complexity index is 1570. The first-order valence-corrected chi connectivity index (χ1v) is 12.1. The van der Waals surface area contributed by atoms with Gasteiger partial charge < -0.3 is 5.32 Å². The van der Waals surface area contributed by atoms with Crippen LogP contribution in [0.1, 0.15) is 11.3 Å². The maximum Gasteiger partial charge on any atom is 0.266 e. The number of fused-ring (bicyclic) bond motifs is 1. The highest BCUT2D eigenvalue weighted by Gasteiger charge is 2.16. The van der Waals surface area contributed by atoms with Crippen molar-refractivity contribution in [3.05, 3.63) is 107 Å². The lowest BCUT2D eigenvalue weighted by Crippen LogP contribution is -2.23. The smallest absolute Gasteiger partial charge is 0.266 e. The number of benzene rings is 3. The van der Waals surface area contributed by atoms with Gasteiger partial charge in [-0.15, -0.1) is 0 Å². The Hall–Kier alpha value is -4.17. The number of aryl methyl sites for hydroxylation is 2. The van der Waals surface area contributed by atoms with E-state index in [0.29, 0.717) is 27.6 Å². The highest BCUT2D eigenvalue weighted by molar-refractivity contribution is 7.99. The molecule has 0 saturated carbocycles. The van der Waals surface area contributed by atoms with E-state index in [1.807, 2.05) is 92.7 Å². The molecule has 0 atom stereocenters. The van der Waals surface area contributed by atoms with Crippen molar-refractivity contribution in [2.45, 2.75) is 19.0 Å². The Morgan fingerprint density at radius 2 is 1.63 bits per heavy atom. The molecule has 3 aromatic carbocycles. The zero-order chi connectivity index (χ0) is 24.4. The fourth-order valence-corrected chi connectivity index (χ4v) is 4.61. The average molecular weight is 482 g/mol. The van der Waals surface area contributed by atoms with Gasteiger partial charge in [0.05, 0.1) is 33.7 Å². The van der Waals surface area contributed by atoms with Gasteiger partial charge in [-0.05, 0) is 50.2 Å². The van der Waals surface area contributed by atoms with Gasteiger partial charge in [0.15, 0.2) is 5.16 Å². The molecule has 0 aliphatic carbocycles. The fourth-order valence-electron chi connectivity index (χ4n) is 3.79. The second-order valence-electron chi connectivity index (χ2n) is 8.14. The van der Waals surface area contributed by atoms with Gasteiger partial charge in [-0.2, -0.15) is 5.10 Å². The van der Waals surface area contributed by atoms with E-state index in [-0.39, 0.29) is 17.2 Å². The van der Waals surface area contributed by atoms with Gasteiger partial charge in [0, 0.05) is 6.07 Å². The molecule has 8 heteroatoms. The Balaban J connectivity index is 1.44. The van der Waals surface area contributed by atoms with Crippen molar-refractivity contribution in [1.82, 2.24) is 19.3 Å². The van der Waals surface area contributed by atoms with Crippen LogP contribution in [0.2, 0.25) is 0 Å². The van der Waals surface area contributed by atoms with Crippen LogP contribution in [0.5, 0.6) is 0 Å². The first-order valence-electron chi connectivity index (χ1n) is 11.1. The topological polar surface area (TPSA) is 81.8 Å². The van der Waals surface area contributed by atoms with Crippen LogP contribution in [-0.2, 0) is 4.79 Å². The predicted octanol–water partition coefficient (Wildman–Crippen LogP) is 4.92. The Morgan fingerprint density at radius 3 is 2.40 bits per heavy atom. The molecule has 0 spiro atoms. The quantitative estimate of drug-likeness (QED) is 0.275. The number of carbonyl (C=O) groups is 1. The summed E-state index contributed by atoms with van der Waals surface area (Å²) in [4.78, 5) is 31.0. The molecule has 0 bridgehead atoms. The minimum absolute atomic E-state index is 0.0790. The van der Waals surface area contributed by atoms with Crippen LogP contribution in [-0.4, -0.2) is 31.0 Å². The lowest BCUT2D eigenvalue weighted by molar-refractivity contribution is -0.113. The van der Waals surface area contributed by atoms with E-state index in [2.05, 4.69) is 10.4 Å². The van der Waals surface area contributed by atoms with Crippen molar-refractivity contribution < 1.29 is 4.79 Å². The second kappa shape index (κ2) is 9.60. The Kier molecular flexibility index (Phi) is 6.20. The van der Waals surface area contributed by atoms with E-state index in [9.17, 15) is 9.59 Å². The molecule has 174 valence electrons. The highest BCUT2D eigenvalue weighted by atomic mass is 32.2. The van der Waals surface area contributed by atoms with Gasteiger partial charge in [0.1, 0.15) is 5.82 Å². The third-order valence-electron chi connectivity index (χ3n) is 5.47. The number of rotatable bonds is 6. The van der Waals surface area contributed by atoms with E-state index in [0.717, 1.165) is 16.9 Å². The first kappa shape index (κ1) is 22.6. The third kappa shape index (κ3) is 4.74. The summed E-state index contributed by atoms with van der Waals surface area (Å²) in [6, 6.07) is 26.4. The maximum absolute atomic E-state index is 13.4. The largest absolute Gasteiger partial charge is 0.310 e. The molecule has 0 aliphatic rings. The minimum Gasteiger partial charge on any atom is -0.310 e. The van der Waals surface area contributed by atoms with Gasteiger partial charge in [0.25, 0.3) is 5.56 Å². The second-order valence-corrected chi connectivity index (χ2v) is 9.09. The molecule has 0 unspecified atom stereocenters. The number of anilines is 1. The molecule has 2 heterocycles. The summed E-state index contributed by atoms with van der Waals surface area (Å²) in [7, 11) is 0. The van der Waals surface area contributed by atoms with E-state index < -0.39 is 0 Å². The molecule has 0 saturated heterocycles. The normalized spacial score (nSPS) is 11.0. The van der Waals surface area contributed by atoms with Crippen LogP contribution in [0.25, 0.3) is 22.3 Å². The van der Waals surface area contributed by atoms with Crippen molar-refractivity contribution in [3.63, 3.8) is 0 Å². The molecule has 2 aromatic heterocycles. The highest BCUT2D eigenvalue weighted by Crippen LogP contribution is 2.23. The standard InChI is InChI=1S/C27H23N5O2S/c1-18-12-14-20(15-13-18)31-26(34)22-10-6-7-11-23(22)28-27(31)35-17-25(33)29-24-16-19(2)30-32(24)21-8-4-3-5-9-21/h3-16H,17H2,1-2H3,(H,29,33). The molecular weight excluding hydrogens is 458 g/mol. The van der Waals surface area contributed by atoms with Gasteiger partial charge in [0.2, 0.25) is 5.91 Å². The molecule has 5 rings (SSSR count). The number of aromatic nitrogens is 4. The summed E-state index contributed by atoms with van der Waals surface area (Å²) in [6.45, 7) is 3.87. The minimum atomic E-state index is -0.218. The number of carbonyl (C=O) groups excluding carboxylic acids is 1. The van der Waals surface area contributed by atoms with E-state index in [1.54, 1.807) is 15.3 Å². The third-order valence-corrected chi connectivity index (χ3v) is 6.41. The molecule has 7 nitrogen and oxygen atoms in total. The SMILES string of the molecule is Cc1ccc(-n2c(SCC(=O)Nc3cc(C)nn3-c3ccccc3)nc3ccccc3c2=O)cc1. The Morgan fingerprint density at radius 1 is 0.914 bits per heavy atom. The molecule has 35 heavy (non-hydrogen) atoms. The molecular formula is C27H23N5O2S. The summed E-state index contributed by atoms with van der Waals surface area (Å²) in [6.07, 6.45) is 0. The first-order chi connectivity index (χ1) is 17.0. The van der Waals surface area contributed by atoms with Crippen LogP contribution >= 0.6 is 11.8 Å². The van der Waals surface area contributed by atoms with Crippen molar-refractivity contribution in [1.29, 1.82) is 0 Å². The van der Waals surface area contributed by atoms with Gasteiger partial charge in [-0.1, -0.05) is 59.8 Å². The lowest BCUT2D eigenvalue weighted by Gasteiger charge is -2.14. The van der Waals surface area contributed by atoms with E-state index in [1.165, 1.54) is 11.8 Å². The van der Waals surface area contributed by atoms with Crippen molar-refractivity contribution in [2.75, 3.05) is 11.1 Å². The van der Waals surface area contributed by atoms with E-state index in [4.69, 9.17) is 4.98 Å². The molecule has 1 N–H and O–H groups in total. The number of nitrogens with zero attached hydrogens (tertiary/aromatic N) is 4. The maximum atomic E-state index is 13.4. The van der Waals surface area contributed by atoms with Crippen molar-refractivity contribution in [2.24, 2.45) is 0 Å². The number of hydrogen-bond donors (Lipinski definition) is 1. The van der Waals surface area contributed by atoms with Crippen LogP contribution in [0, 0.1) is 13.8 Å². The van der Waals surface area contributed by atoms with Gasteiger partial charge in [-0.25, -0.2) is 9.67 Å². The Labute approximate surface area is 206 Å². The van der Waals surface area contributed by atoms with Crippen LogP contribution < -0.4 is 10.9 Å². The zero-order valence-electron chi connectivity index (χ0n) is 19.3. The fraction of sp³-hybridized carbons (Fsp3) is 0.111. The number of hydrogen-bond acceptors (Lipinski definition) is 5. The molecule has 1 amide bonds. The zero-order valence-corrected chi connectivity index (χ0v) is 20.1. The molecule has 0 aliphatic heterocycles. The van der Waals surface area contributed by atoms with E-state index >= 15 is 0 Å². The summed E-state index contributed by atoms with van der Waals surface area (Å²) in [5, 5.41) is 8.43. The van der Waals surface area contributed by atoms with Crippen molar-refractivity contribution >= 4 is 34.4 Å². The summed E-state index contributed by atoms with van der Waals surface area (Å²) in [5.41, 5.74) is 3.88. The van der Waals surface area contributed by atoms with Crippen LogP contribution in [0.15, 0.2) is 94.9 Å². The number of para-hydroxylation sites is 2. The lowest BCUT2D eigenvalue weighted by atomic mass is 10.2. The molecule has 0 radical (unpaired) electrons. The van der Waals surface area contributed by atoms with Gasteiger partial charge in [-0.3, -0.25) is 14.2 Å². The number of nitrogens with one attached hydrogen (secondary N) is 1. The van der Waals surface area contributed by atoms with Crippen LogP contribution in [0.4, 0.5) is 5.82 Å². The van der Waals surface area contributed by atoms with Crippen LogP contribution in [0.3, 0.4) is 0 Å². The number of amides is 1. The molecule has 5 aromatic rings. The average Bonchev–Trinajstić information content (AvgIpc) is 3.24. The van der Waals surface area contributed by atoms with Gasteiger partial charge >= 0.3 is 0 Å². The summed E-state index contributed by atoms with van der Waals surface area (Å²) >= 11 is 1.22. The monoisotopic (exact) mass is 481 g/mol. The predicted molar refractivity (Wildman–Crippen MR) is 140 cm³/mol. The summed E-state index contributed by atoms with van der Waals surface area (Å²) in [5.74, 6) is 0.446. The van der Waals surface area contributed by atoms with Crippen molar-refractivity contribution in [3.8, 4) is 11.4 Å². The summed E-state index contributed by atoms with van der Waals surface area (Å²) < 4.78 is 3.27. The number of thioether (sulfide) groups is 1. The molecule has 0 fully saturated rings.